The Morgan fingerprint density at radius 2 is 2.24 bits per heavy atom. The number of hydrogen-bond acceptors (Lipinski definition) is 3. The van der Waals surface area contributed by atoms with Crippen molar-refractivity contribution < 1.29 is 4.79 Å². The van der Waals surface area contributed by atoms with Crippen LogP contribution in [0.5, 0.6) is 0 Å². The lowest BCUT2D eigenvalue weighted by molar-refractivity contribution is 0.0911. The Hall–Kier alpha value is -2.00. The van der Waals surface area contributed by atoms with Crippen molar-refractivity contribution in [1.29, 1.82) is 0 Å². The van der Waals surface area contributed by atoms with Gasteiger partial charge in [0.05, 0.1) is 0 Å². The summed E-state index contributed by atoms with van der Waals surface area (Å²) >= 11 is 0. The number of hydrogen-bond donors (Lipinski definition) is 1. The average molecular weight is 279 g/mol. The topological polar surface area (TPSA) is 42.0 Å². The van der Waals surface area contributed by atoms with E-state index in [2.05, 4.69) is 16.7 Å². The van der Waals surface area contributed by atoms with Gasteiger partial charge in [-0.1, -0.05) is 23.8 Å². The summed E-state index contributed by atoms with van der Waals surface area (Å²) in [5.41, 5.74) is 3.89. The number of Topliss-reactive ketones (excluding diaryl/α,β-unsaturated/α-hetero) is 1. The van der Waals surface area contributed by atoms with Gasteiger partial charge in [-0.25, -0.2) is 0 Å². The maximum Gasteiger partial charge on any atom is 0.167 e. The summed E-state index contributed by atoms with van der Waals surface area (Å²) in [6.07, 6.45) is 6.56. The Labute approximate surface area is 125 Å². The molecule has 1 saturated heterocycles. The fourth-order valence-corrected chi connectivity index (χ4v) is 2.78. The molecule has 1 aromatic carbocycles. The molecule has 2 heterocycles. The summed E-state index contributed by atoms with van der Waals surface area (Å²) in [7, 11) is 0. The Bertz CT molecular complexity index is 631. The van der Waals surface area contributed by atoms with Gasteiger partial charge >= 0.3 is 0 Å². The molecule has 2 aromatic rings. The molecule has 1 unspecified atom stereocenters. The highest BCUT2D eigenvalue weighted by molar-refractivity contribution is 6.04. The fraction of sp³-hybridized carbons (Fsp3) is 0.278. The SMILES string of the molecule is Cc1ccc(-c2cccnc2)c(C(=O)C2C[CH]CNC2)c1. The van der Waals surface area contributed by atoms with Crippen LogP contribution in [0.25, 0.3) is 11.1 Å². The van der Waals surface area contributed by atoms with Gasteiger partial charge in [0.1, 0.15) is 0 Å². The van der Waals surface area contributed by atoms with Gasteiger partial charge in [-0.05, 0) is 44.0 Å². The Kier molecular flexibility index (Phi) is 4.11. The second-order valence-electron chi connectivity index (χ2n) is 5.53. The largest absolute Gasteiger partial charge is 0.316 e. The van der Waals surface area contributed by atoms with Gasteiger partial charge in [0, 0.05) is 36.0 Å². The first-order valence-electron chi connectivity index (χ1n) is 7.33. The normalized spacial score (nSPS) is 18.4. The standard InChI is InChI=1S/C18H19N2O/c1-13-6-7-16(14-4-2-8-19-11-14)17(10-13)18(21)15-5-3-9-20-12-15/h2-4,6-8,10-11,15,20H,5,9,12H2,1H3. The molecule has 3 rings (SSSR count). The molecule has 0 amide bonds. The van der Waals surface area contributed by atoms with Crippen LogP contribution < -0.4 is 5.32 Å². The molecule has 0 aliphatic carbocycles. The summed E-state index contributed by atoms with van der Waals surface area (Å²) in [5.74, 6) is 0.261. The average Bonchev–Trinajstić information content (AvgIpc) is 2.56. The minimum atomic E-state index is 0.0379. The maximum absolute atomic E-state index is 12.9. The first kappa shape index (κ1) is 14.0. The number of aryl methyl sites for hydroxylation is 1. The summed E-state index contributed by atoms with van der Waals surface area (Å²) in [5, 5.41) is 3.27. The van der Waals surface area contributed by atoms with Crippen molar-refractivity contribution in [1.82, 2.24) is 10.3 Å². The molecule has 1 aliphatic heterocycles. The van der Waals surface area contributed by atoms with E-state index < -0.39 is 0 Å². The third-order valence-corrected chi connectivity index (χ3v) is 3.91. The number of pyridine rings is 1. The lowest BCUT2D eigenvalue weighted by atomic mass is 9.87. The number of piperidine rings is 1. The van der Waals surface area contributed by atoms with E-state index in [1.165, 1.54) is 0 Å². The van der Waals surface area contributed by atoms with Crippen molar-refractivity contribution in [3.63, 3.8) is 0 Å². The van der Waals surface area contributed by atoms with E-state index in [1.807, 2.05) is 43.5 Å². The molecule has 1 atom stereocenters. The molecule has 1 fully saturated rings. The van der Waals surface area contributed by atoms with Gasteiger partial charge in [0.2, 0.25) is 0 Å². The van der Waals surface area contributed by atoms with E-state index >= 15 is 0 Å². The fourth-order valence-electron chi connectivity index (χ4n) is 2.78. The van der Waals surface area contributed by atoms with E-state index in [1.54, 1.807) is 6.20 Å². The summed E-state index contributed by atoms with van der Waals surface area (Å²) < 4.78 is 0. The van der Waals surface area contributed by atoms with Crippen molar-refractivity contribution >= 4 is 5.78 Å². The smallest absolute Gasteiger partial charge is 0.167 e. The highest BCUT2D eigenvalue weighted by Gasteiger charge is 2.24. The summed E-state index contributed by atoms with van der Waals surface area (Å²) in [4.78, 5) is 17.0. The first-order valence-corrected chi connectivity index (χ1v) is 7.33. The minimum Gasteiger partial charge on any atom is -0.316 e. The van der Waals surface area contributed by atoms with Gasteiger partial charge < -0.3 is 5.32 Å². The van der Waals surface area contributed by atoms with Crippen LogP contribution in [-0.2, 0) is 0 Å². The van der Waals surface area contributed by atoms with Crippen LogP contribution in [0, 0.1) is 19.3 Å². The van der Waals surface area contributed by atoms with Gasteiger partial charge in [-0.3, -0.25) is 9.78 Å². The number of carbonyl (C=O) groups excluding carboxylic acids is 1. The number of nitrogens with zero attached hydrogens (tertiary/aromatic N) is 1. The summed E-state index contributed by atoms with van der Waals surface area (Å²) in [6, 6.07) is 9.97. The molecule has 1 aromatic heterocycles. The van der Waals surface area contributed by atoms with Crippen molar-refractivity contribution in [2.75, 3.05) is 13.1 Å². The van der Waals surface area contributed by atoms with E-state index in [0.717, 1.165) is 41.8 Å². The molecule has 3 nitrogen and oxygen atoms in total. The number of carbonyl (C=O) groups is 1. The van der Waals surface area contributed by atoms with Crippen LogP contribution in [0.15, 0.2) is 42.7 Å². The number of ketones is 1. The van der Waals surface area contributed by atoms with Gasteiger partial charge in [0.15, 0.2) is 5.78 Å². The molecule has 1 aliphatic rings. The predicted octanol–water partition coefficient (Wildman–Crippen LogP) is 3.05. The molecule has 0 saturated carbocycles. The van der Waals surface area contributed by atoms with E-state index in [4.69, 9.17) is 0 Å². The Morgan fingerprint density at radius 1 is 1.33 bits per heavy atom. The van der Waals surface area contributed by atoms with Crippen molar-refractivity contribution in [3.05, 3.63) is 60.3 Å². The molecular formula is C18H19N2O. The van der Waals surface area contributed by atoms with Crippen molar-refractivity contribution in [3.8, 4) is 11.1 Å². The zero-order valence-corrected chi connectivity index (χ0v) is 12.2. The van der Waals surface area contributed by atoms with Crippen LogP contribution in [0.3, 0.4) is 0 Å². The minimum absolute atomic E-state index is 0.0379. The van der Waals surface area contributed by atoms with E-state index in [-0.39, 0.29) is 11.7 Å². The van der Waals surface area contributed by atoms with Crippen LogP contribution in [-0.4, -0.2) is 23.9 Å². The third kappa shape index (κ3) is 3.03. The van der Waals surface area contributed by atoms with Crippen LogP contribution in [0.2, 0.25) is 0 Å². The Morgan fingerprint density at radius 3 is 2.95 bits per heavy atom. The molecule has 0 spiro atoms. The number of benzene rings is 1. The molecule has 0 bridgehead atoms. The molecule has 21 heavy (non-hydrogen) atoms. The number of rotatable bonds is 3. The lowest BCUT2D eigenvalue weighted by Gasteiger charge is -2.22. The Balaban J connectivity index is 2.00. The molecule has 3 heteroatoms. The second kappa shape index (κ2) is 6.19. The number of nitrogens with one attached hydrogen (secondary N) is 1. The zero-order valence-electron chi connectivity index (χ0n) is 12.2. The lowest BCUT2D eigenvalue weighted by Crippen LogP contribution is -2.35. The van der Waals surface area contributed by atoms with Crippen LogP contribution in [0.1, 0.15) is 22.3 Å². The van der Waals surface area contributed by atoms with Crippen LogP contribution in [0.4, 0.5) is 0 Å². The van der Waals surface area contributed by atoms with E-state index in [0.29, 0.717) is 0 Å². The molecular weight excluding hydrogens is 260 g/mol. The predicted molar refractivity (Wildman–Crippen MR) is 84.0 cm³/mol. The highest BCUT2D eigenvalue weighted by atomic mass is 16.1. The number of aromatic nitrogens is 1. The molecule has 107 valence electrons. The van der Waals surface area contributed by atoms with Gasteiger partial charge in [-0.2, -0.15) is 0 Å². The second-order valence-corrected chi connectivity index (χ2v) is 5.53. The molecule has 1 radical (unpaired) electrons. The van der Waals surface area contributed by atoms with Crippen molar-refractivity contribution in [2.24, 2.45) is 5.92 Å². The summed E-state index contributed by atoms with van der Waals surface area (Å²) in [6.45, 7) is 3.68. The zero-order chi connectivity index (χ0) is 14.7. The monoisotopic (exact) mass is 279 g/mol. The van der Waals surface area contributed by atoms with E-state index in [9.17, 15) is 4.79 Å². The van der Waals surface area contributed by atoms with Gasteiger partial charge in [0.25, 0.3) is 0 Å². The highest BCUT2D eigenvalue weighted by Crippen LogP contribution is 2.27. The first-order chi connectivity index (χ1) is 10.3. The van der Waals surface area contributed by atoms with Gasteiger partial charge in [-0.15, -0.1) is 0 Å². The maximum atomic E-state index is 12.9. The van der Waals surface area contributed by atoms with Crippen molar-refractivity contribution in [2.45, 2.75) is 13.3 Å². The third-order valence-electron chi connectivity index (χ3n) is 3.91. The van der Waals surface area contributed by atoms with Crippen LogP contribution >= 0.6 is 0 Å². The molecule has 1 N–H and O–H groups in total. The quantitative estimate of drug-likeness (QED) is 0.878.